The molecule has 3 aromatic rings. The maximum Gasteiger partial charge on any atom is 0.293 e. The van der Waals surface area contributed by atoms with Crippen LogP contribution in [-0.2, 0) is 11.4 Å². The van der Waals surface area contributed by atoms with Gasteiger partial charge in [-0.25, -0.2) is 0 Å². The van der Waals surface area contributed by atoms with Crippen LogP contribution < -0.4 is 10.1 Å². The van der Waals surface area contributed by atoms with E-state index in [0.717, 1.165) is 10.0 Å². The summed E-state index contributed by atoms with van der Waals surface area (Å²) in [6, 6.07) is 21.0. The maximum atomic E-state index is 12.5. The first kappa shape index (κ1) is 22.7. The summed E-state index contributed by atoms with van der Waals surface area (Å²) in [6.07, 6.45) is 1.41. The summed E-state index contributed by atoms with van der Waals surface area (Å²) < 4.78 is 6.74. The minimum absolute atomic E-state index is 0.0310. The second-order valence-corrected chi connectivity index (χ2v) is 7.80. The van der Waals surface area contributed by atoms with Crippen LogP contribution in [0.25, 0.3) is 6.08 Å². The van der Waals surface area contributed by atoms with E-state index in [2.05, 4.69) is 21.2 Å². The van der Waals surface area contributed by atoms with E-state index < -0.39 is 10.8 Å². The van der Waals surface area contributed by atoms with Gasteiger partial charge in [0.05, 0.1) is 4.92 Å². The number of nitrogens with zero attached hydrogens (tertiary/aromatic N) is 2. The molecule has 32 heavy (non-hydrogen) atoms. The van der Waals surface area contributed by atoms with Gasteiger partial charge in [0.25, 0.3) is 11.6 Å². The molecule has 0 spiro atoms. The first-order chi connectivity index (χ1) is 15.4. The van der Waals surface area contributed by atoms with Crippen molar-refractivity contribution in [2.24, 2.45) is 0 Å². The van der Waals surface area contributed by atoms with Crippen molar-refractivity contribution < 1.29 is 14.5 Å². The van der Waals surface area contributed by atoms with Crippen LogP contribution >= 0.6 is 15.9 Å². The van der Waals surface area contributed by atoms with Gasteiger partial charge in [0.1, 0.15) is 29.7 Å². The molecule has 7 nitrogen and oxygen atoms in total. The minimum Gasteiger partial charge on any atom is -0.489 e. The fourth-order valence-corrected chi connectivity index (χ4v) is 3.08. The van der Waals surface area contributed by atoms with Gasteiger partial charge < -0.3 is 10.1 Å². The van der Waals surface area contributed by atoms with Crippen molar-refractivity contribution in [1.82, 2.24) is 0 Å². The molecule has 1 amide bonds. The smallest absolute Gasteiger partial charge is 0.293 e. The summed E-state index contributed by atoms with van der Waals surface area (Å²) in [4.78, 5) is 23.2. The molecule has 0 unspecified atom stereocenters. The maximum absolute atomic E-state index is 12.5. The molecule has 160 valence electrons. The van der Waals surface area contributed by atoms with Crippen molar-refractivity contribution in [3.05, 3.63) is 104 Å². The number of anilines is 1. The van der Waals surface area contributed by atoms with E-state index in [1.807, 2.05) is 30.3 Å². The molecule has 0 aromatic heterocycles. The number of nitrogens with one attached hydrogen (secondary N) is 1. The quantitative estimate of drug-likeness (QED) is 0.195. The number of aryl methyl sites for hydroxylation is 1. The Morgan fingerprint density at radius 3 is 2.47 bits per heavy atom. The third-order valence-corrected chi connectivity index (χ3v) is 5.00. The summed E-state index contributed by atoms with van der Waals surface area (Å²) in [5, 5.41) is 23.1. The molecule has 0 saturated heterocycles. The van der Waals surface area contributed by atoms with Crippen molar-refractivity contribution in [1.29, 1.82) is 5.26 Å². The molecule has 8 heteroatoms. The van der Waals surface area contributed by atoms with Crippen LogP contribution in [0, 0.1) is 28.4 Å². The number of nitro groups is 1. The Morgan fingerprint density at radius 1 is 1.16 bits per heavy atom. The lowest BCUT2D eigenvalue weighted by atomic mass is 10.1. The Morgan fingerprint density at radius 2 is 1.84 bits per heavy atom. The molecule has 3 aromatic carbocycles. The topological polar surface area (TPSA) is 105 Å². The Kier molecular flexibility index (Phi) is 7.37. The monoisotopic (exact) mass is 491 g/mol. The molecule has 0 aliphatic rings. The third kappa shape index (κ3) is 6.03. The predicted molar refractivity (Wildman–Crippen MR) is 125 cm³/mol. The first-order valence-electron chi connectivity index (χ1n) is 9.51. The number of nitro benzene ring substituents is 1. The molecular formula is C24H18BrN3O4. The van der Waals surface area contributed by atoms with E-state index in [1.54, 1.807) is 37.3 Å². The number of carbonyl (C=O) groups is 1. The molecule has 1 N–H and O–H groups in total. The standard InChI is InChI=1S/C24H18BrN3O4/c1-16-2-11-22(23(12-16)28(30)31)27-24(29)19(14-26)13-17-5-9-21(10-6-17)32-15-18-3-7-20(25)8-4-18/h2-13H,15H2,1H3,(H,27,29)/b19-13+. The van der Waals surface area contributed by atoms with E-state index in [9.17, 15) is 20.2 Å². The molecule has 3 rings (SSSR count). The van der Waals surface area contributed by atoms with Gasteiger partial charge in [0.15, 0.2) is 0 Å². The van der Waals surface area contributed by atoms with Gasteiger partial charge >= 0.3 is 0 Å². The van der Waals surface area contributed by atoms with E-state index in [-0.39, 0.29) is 16.9 Å². The summed E-state index contributed by atoms with van der Waals surface area (Å²) in [6.45, 7) is 2.12. The summed E-state index contributed by atoms with van der Waals surface area (Å²) in [5.41, 5.74) is 1.94. The highest BCUT2D eigenvalue weighted by Crippen LogP contribution is 2.26. The number of hydrogen-bond donors (Lipinski definition) is 1. The van der Waals surface area contributed by atoms with Gasteiger partial charge in [-0.1, -0.05) is 46.3 Å². The highest BCUT2D eigenvalue weighted by Gasteiger charge is 2.18. The van der Waals surface area contributed by atoms with Crippen LogP contribution in [0.5, 0.6) is 5.75 Å². The van der Waals surface area contributed by atoms with Gasteiger partial charge in [-0.05, 0) is 60.0 Å². The van der Waals surface area contributed by atoms with Gasteiger partial charge in [-0.3, -0.25) is 14.9 Å². The number of hydrogen-bond acceptors (Lipinski definition) is 5. The van der Waals surface area contributed by atoms with Crippen molar-refractivity contribution in [2.45, 2.75) is 13.5 Å². The molecule has 0 aliphatic carbocycles. The Balaban J connectivity index is 1.69. The number of ether oxygens (including phenoxy) is 1. The lowest BCUT2D eigenvalue weighted by Gasteiger charge is -2.07. The SMILES string of the molecule is Cc1ccc(NC(=O)/C(C#N)=C/c2ccc(OCc3ccc(Br)cc3)cc2)c([N+](=O)[O-])c1. The summed E-state index contributed by atoms with van der Waals surface area (Å²) in [7, 11) is 0. The van der Waals surface area contributed by atoms with E-state index in [4.69, 9.17) is 4.74 Å². The zero-order valence-electron chi connectivity index (χ0n) is 17.0. The summed E-state index contributed by atoms with van der Waals surface area (Å²) >= 11 is 3.39. The molecule has 0 heterocycles. The Hall–Kier alpha value is -3.96. The van der Waals surface area contributed by atoms with Crippen LogP contribution in [0.3, 0.4) is 0 Å². The van der Waals surface area contributed by atoms with Gasteiger partial charge in [0.2, 0.25) is 0 Å². The molecule has 0 fully saturated rings. The van der Waals surface area contributed by atoms with Gasteiger partial charge in [-0.15, -0.1) is 0 Å². The number of rotatable bonds is 7. The van der Waals surface area contributed by atoms with Gasteiger partial charge in [-0.2, -0.15) is 5.26 Å². The fraction of sp³-hybridized carbons (Fsp3) is 0.0833. The second-order valence-electron chi connectivity index (χ2n) is 6.89. The number of benzene rings is 3. The number of carbonyl (C=O) groups excluding carboxylic acids is 1. The van der Waals surface area contributed by atoms with E-state index in [0.29, 0.717) is 23.5 Å². The molecule has 0 atom stereocenters. The average molecular weight is 492 g/mol. The normalized spacial score (nSPS) is 10.8. The van der Waals surface area contributed by atoms with Crippen molar-refractivity contribution >= 4 is 39.3 Å². The van der Waals surface area contributed by atoms with E-state index >= 15 is 0 Å². The zero-order valence-corrected chi connectivity index (χ0v) is 18.6. The number of halogens is 1. The van der Waals surface area contributed by atoms with Crippen LogP contribution in [0.1, 0.15) is 16.7 Å². The molecule has 0 saturated carbocycles. The minimum atomic E-state index is -0.727. The molecular weight excluding hydrogens is 474 g/mol. The predicted octanol–water partition coefficient (Wildman–Crippen LogP) is 5.79. The first-order valence-corrected chi connectivity index (χ1v) is 10.3. The third-order valence-electron chi connectivity index (χ3n) is 4.47. The van der Waals surface area contributed by atoms with Crippen molar-refractivity contribution in [3.8, 4) is 11.8 Å². The van der Waals surface area contributed by atoms with Crippen LogP contribution in [-0.4, -0.2) is 10.8 Å². The number of amides is 1. The van der Waals surface area contributed by atoms with Crippen molar-refractivity contribution in [3.63, 3.8) is 0 Å². The Labute approximate surface area is 193 Å². The average Bonchev–Trinajstić information content (AvgIpc) is 2.78. The van der Waals surface area contributed by atoms with Crippen LogP contribution in [0.4, 0.5) is 11.4 Å². The van der Waals surface area contributed by atoms with Gasteiger partial charge in [0, 0.05) is 10.5 Å². The lowest BCUT2D eigenvalue weighted by Crippen LogP contribution is -2.14. The molecule has 0 bridgehead atoms. The second kappa shape index (κ2) is 10.4. The highest BCUT2D eigenvalue weighted by molar-refractivity contribution is 9.10. The molecule has 0 radical (unpaired) electrons. The van der Waals surface area contributed by atoms with E-state index in [1.165, 1.54) is 18.2 Å². The number of nitriles is 1. The van der Waals surface area contributed by atoms with Crippen LogP contribution in [0.15, 0.2) is 76.8 Å². The van der Waals surface area contributed by atoms with Crippen molar-refractivity contribution in [2.75, 3.05) is 5.32 Å². The Bertz CT molecular complexity index is 1210. The molecule has 0 aliphatic heterocycles. The summed E-state index contributed by atoms with van der Waals surface area (Å²) in [5.74, 6) is -0.0849. The fourth-order valence-electron chi connectivity index (χ4n) is 2.81. The zero-order chi connectivity index (χ0) is 23.1. The lowest BCUT2D eigenvalue weighted by molar-refractivity contribution is -0.384. The largest absolute Gasteiger partial charge is 0.489 e. The van der Waals surface area contributed by atoms with Crippen LogP contribution in [0.2, 0.25) is 0 Å². The highest BCUT2D eigenvalue weighted by atomic mass is 79.9.